The molecule has 2 aromatic carbocycles. The van der Waals surface area contributed by atoms with Crippen molar-refractivity contribution in [3.05, 3.63) is 65.2 Å². The Balaban J connectivity index is 1.90. The van der Waals surface area contributed by atoms with Crippen LogP contribution in [-0.4, -0.2) is 18.2 Å². The first-order valence-corrected chi connectivity index (χ1v) is 7.57. The number of halogens is 3. The third kappa shape index (κ3) is 5.63. The highest BCUT2D eigenvalue weighted by atomic mass is 19.4. The number of carbonyl (C=O) groups excluding carboxylic acids is 1. The van der Waals surface area contributed by atoms with E-state index in [-0.39, 0.29) is 12.2 Å². The van der Waals surface area contributed by atoms with E-state index in [0.29, 0.717) is 5.71 Å². The molecule has 0 aliphatic heterocycles. The molecule has 132 valence electrons. The van der Waals surface area contributed by atoms with Crippen molar-refractivity contribution in [1.29, 1.82) is 0 Å². The maximum absolute atomic E-state index is 12.6. The molecular weight excluding hydrogens is 331 g/mol. The molecule has 7 heteroatoms. The highest BCUT2D eigenvalue weighted by molar-refractivity contribution is 5.99. The van der Waals surface area contributed by atoms with Gasteiger partial charge in [-0.3, -0.25) is 4.79 Å². The summed E-state index contributed by atoms with van der Waals surface area (Å²) < 4.78 is 37.9. The van der Waals surface area contributed by atoms with Crippen LogP contribution in [0.25, 0.3) is 0 Å². The number of nitrogens with one attached hydrogen (secondary N) is 2. The summed E-state index contributed by atoms with van der Waals surface area (Å²) in [7, 11) is 0. The third-order valence-corrected chi connectivity index (χ3v) is 3.46. The summed E-state index contributed by atoms with van der Waals surface area (Å²) in [6.45, 7) is 3.54. The molecule has 2 N–H and O–H groups in total. The average Bonchev–Trinajstić information content (AvgIpc) is 2.58. The van der Waals surface area contributed by atoms with E-state index in [0.717, 1.165) is 23.3 Å². The van der Waals surface area contributed by atoms with Gasteiger partial charge in [0.05, 0.1) is 17.8 Å². The summed E-state index contributed by atoms with van der Waals surface area (Å²) in [5.74, 6) is -0.455. The second-order valence-corrected chi connectivity index (χ2v) is 5.53. The number of hydrogen-bond donors (Lipinski definition) is 2. The number of aryl methyl sites for hydroxylation is 1. The molecule has 0 fully saturated rings. The van der Waals surface area contributed by atoms with Crippen molar-refractivity contribution in [2.24, 2.45) is 5.10 Å². The standard InChI is InChI=1S/C18H18F3N3O/c1-12-6-8-14(9-7-12)13(2)23-24-17(25)11-22-16-5-3-4-15(10-16)18(19,20)21/h3-10,22H,11H2,1-2H3,(H,24,25)/b23-13-. The minimum absolute atomic E-state index is 0.189. The van der Waals surface area contributed by atoms with E-state index in [9.17, 15) is 18.0 Å². The summed E-state index contributed by atoms with van der Waals surface area (Å²) in [6, 6.07) is 12.3. The number of nitrogens with zero attached hydrogens (tertiary/aromatic N) is 1. The molecular formula is C18H18F3N3O. The minimum atomic E-state index is -4.42. The summed E-state index contributed by atoms with van der Waals surface area (Å²) in [5.41, 5.74) is 4.44. The molecule has 0 atom stereocenters. The van der Waals surface area contributed by atoms with Gasteiger partial charge in [-0.2, -0.15) is 18.3 Å². The van der Waals surface area contributed by atoms with Crippen LogP contribution in [-0.2, 0) is 11.0 Å². The largest absolute Gasteiger partial charge is 0.416 e. The van der Waals surface area contributed by atoms with Gasteiger partial charge in [0.1, 0.15) is 0 Å². The van der Waals surface area contributed by atoms with Crippen molar-refractivity contribution in [2.45, 2.75) is 20.0 Å². The average molecular weight is 349 g/mol. The van der Waals surface area contributed by atoms with E-state index in [4.69, 9.17) is 0 Å². The SMILES string of the molecule is C/C(=N/NC(=O)CNc1cccc(C(F)(F)F)c1)c1ccc(C)cc1. The lowest BCUT2D eigenvalue weighted by Gasteiger charge is -2.10. The summed E-state index contributed by atoms with van der Waals surface area (Å²) in [4.78, 5) is 11.8. The minimum Gasteiger partial charge on any atom is -0.376 e. The highest BCUT2D eigenvalue weighted by Gasteiger charge is 2.30. The topological polar surface area (TPSA) is 53.5 Å². The molecule has 0 unspecified atom stereocenters. The Kier molecular flexibility index (Phi) is 5.80. The zero-order chi connectivity index (χ0) is 18.4. The summed E-state index contributed by atoms with van der Waals surface area (Å²) in [5, 5.41) is 6.64. The van der Waals surface area contributed by atoms with Crippen molar-refractivity contribution in [2.75, 3.05) is 11.9 Å². The maximum atomic E-state index is 12.6. The van der Waals surface area contributed by atoms with Gasteiger partial charge >= 0.3 is 6.18 Å². The number of rotatable bonds is 5. The van der Waals surface area contributed by atoms with Gasteiger partial charge in [0.25, 0.3) is 5.91 Å². The zero-order valence-electron chi connectivity index (χ0n) is 13.8. The predicted molar refractivity (Wildman–Crippen MR) is 91.5 cm³/mol. The molecule has 0 saturated heterocycles. The van der Waals surface area contributed by atoms with E-state index >= 15 is 0 Å². The van der Waals surface area contributed by atoms with Crippen LogP contribution in [0.5, 0.6) is 0 Å². The molecule has 0 saturated carbocycles. The number of benzene rings is 2. The number of anilines is 1. The lowest BCUT2D eigenvalue weighted by molar-refractivity contribution is -0.137. The van der Waals surface area contributed by atoms with Gasteiger partial charge in [-0.05, 0) is 37.6 Å². The number of carbonyl (C=O) groups is 1. The van der Waals surface area contributed by atoms with Crippen LogP contribution in [0.3, 0.4) is 0 Å². The van der Waals surface area contributed by atoms with Crippen LogP contribution in [0.1, 0.15) is 23.6 Å². The maximum Gasteiger partial charge on any atom is 0.416 e. The quantitative estimate of drug-likeness (QED) is 0.634. The molecule has 0 aliphatic carbocycles. The molecule has 0 aromatic heterocycles. The van der Waals surface area contributed by atoms with Gasteiger partial charge in [0.2, 0.25) is 0 Å². The van der Waals surface area contributed by atoms with Crippen molar-refractivity contribution < 1.29 is 18.0 Å². The lowest BCUT2D eigenvalue weighted by atomic mass is 10.1. The zero-order valence-corrected chi connectivity index (χ0v) is 13.8. The highest BCUT2D eigenvalue weighted by Crippen LogP contribution is 2.30. The van der Waals surface area contributed by atoms with Crippen LogP contribution in [0, 0.1) is 6.92 Å². The fourth-order valence-electron chi connectivity index (χ4n) is 2.03. The van der Waals surface area contributed by atoms with Crippen molar-refractivity contribution in [3.8, 4) is 0 Å². The third-order valence-electron chi connectivity index (χ3n) is 3.46. The van der Waals surface area contributed by atoms with Gasteiger partial charge in [-0.1, -0.05) is 35.9 Å². The Morgan fingerprint density at radius 1 is 1.12 bits per heavy atom. The van der Waals surface area contributed by atoms with Crippen molar-refractivity contribution in [3.63, 3.8) is 0 Å². The van der Waals surface area contributed by atoms with Crippen LogP contribution < -0.4 is 10.7 Å². The predicted octanol–water partition coefficient (Wildman–Crippen LogP) is 3.97. The monoisotopic (exact) mass is 349 g/mol. The number of hydrogen-bond acceptors (Lipinski definition) is 3. The molecule has 0 heterocycles. The molecule has 4 nitrogen and oxygen atoms in total. The molecule has 25 heavy (non-hydrogen) atoms. The lowest BCUT2D eigenvalue weighted by Crippen LogP contribution is -2.26. The first-order valence-electron chi connectivity index (χ1n) is 7.57. The van der Waals surface area contributed by atoms with E-state index in [1.165, 1.54) is 12.1 Å². The fourth-order valence-corrected chi connectivity index (χ4v) is 2.03. The smallest absolute Gasteiger partial charge is 0.376 e. The summed E-state index contributed by atoms with van der Waals surface area (Å²) >= 11 is 0. The van der Waals surface area contributed by atoms with E-state index in [1.54, 1.807) is 6.92 Å². The van der Waals surface area contributed by atoms with Crippen molar-refractivity contribution in [1.82, 2.24) is 5.43 Å². The van der Waals surface area contributed by atoms with E-state index in [1.807, 2.05) is 31.2 Å². The molecule has 1 amide bonds. The van der Waals surface area contributed by atoms with Crippen molar-refractivity contribution >= 4 is 17.3 Å². The summed E-state index contributed by atoms with van der Waals surface area (Å²) in [6.07, 6.45) is -4.42. The first kappa shape index (κ1) is 18.5. The Morgan fingerprint density at radius 2 is 1.80 bits per heavy atom. The second kappa shape index (κ2) is 7.83. The molecule has 0 radical (unpaired) electrons. The molecule has 0 bridgehead atoms. The van der Waals surface area contributed by atoms with Gasteiger partial charge in [0.15, 0.2) is 0 Å². The van der Waals surface area contributed by atoms with Crippen LogP contribution in [0.4, 0.5) is 18.9 Å². The first-order chi connectivity index (χ1) is 11.8. The molecule has 2 rings (SSSR count). The van der Waals surface area contributed by atoms with Gasteiger partial charge in [0, 0.05) is 5.69 Å². The number of amides is 1. The Bertz CT molecular complexity index is 768. The van der Waals surface area contributed by atoms with Crippen LogP contribution >= 0.6 is 0 Å². The molecule has 2 aromatic rings. The Labute approximate surface area is 143 Å². The number of alkyl halides is 3. The molecule has 0 spiro atoms. The molecule has 0 aliphatic rings. The fraction of sp³-hybridized carbons (Fsp3) is 0.222. The van der Waals surface area contributed by atoms with Crippen LogP contribution in [0.2, 0.25) is 0 Å². The van der Waals surface area contributed by atoms with Crippen LogP contribution in [0.15, 0.2) is 53.6 Å². The number of hydrazone groups is 1. The Morgan fingerprint density at radius 3 is 2.44 bits per heavy atom. The van der Waals surface area contributed by atoms with Gasteiger partial charge < -0.3 is 5.32 Å². The van der Waals surface area contributed by atoms with E-state index in [2.05, 4.69) is 15.8 Å². The second-order valence-electron chi connectivity index (χ2n) is 5.53. The van der Waals surface area contributed by atoms with E-state index < -0.39 is 17.6 Å². The van der Waals surface area contributed by atoms with Gasteiger partial charge in [-0.25, -0.2) is 5.43 Å². The Hall–Kier alpha value is -2.83. The normalized spacial score (nSPS) is 12.0. The van der Waals surface area contributed by atoms with Gasteiger partial charge in [-0.15, -0.1) is 0 Å².